The Morgan fingerprint density at radius 2 is 1.73 bits per heavy atom. The van der Waals surface area contributed by atoms with Gasteiger partial charge in [0.15, 0.2) is 0 Å². The van der Waals surface area contributed by atoms with E-state index in [2.05, 4.69) is 10.2 Å². The molecule has 37 heavy (non-hydrogen) atoms. The van der Waals surface area contributed by atoms with Crippen LogP contribution in [0.5, 0.6) is 5.75 Å². The summed E-state index contributed by atoms with van der Waals surface area (Å²) in [5.74, 6) is -1.64. The molecule has 0 atom stereocenters. The molecule has 1 fully saturated rings. The maximum Gasteiger partial charge on any atom is 0.261 e. The Morgan fingerprint density at radius 1 is 1.03 bits per heavy atom. The Balaban J connectivity index is 1.50. The van der Waals surface area contributed by atoms with Crippen molar-refractivity contribution < 1.29 is 23.0 Å². The van der Waals surface area contributed by atoms with Crippen molar-refractivity contribution in [3.63, 3.8) is 0 Å². The highest BCUT2D eigenvalue weighted by Gasteiger charge is 2.19. The van der Waals surface area contributed by atoms with Gasteiger partial charge in [0.25, 0.3) is 5.91 Å². The summed E-state index contributed by atoms with van der Waals surface area (Å²) in [5.41, 5.74) is 1.09. The van der Waals surface area contributed by atoms with Gasteiger partial charge < -0.3 is 24.3 Å². The minimum absolute atomic E-state index is 0.158. The average molecular weight is 506 g/mol. The summed E-state index contributed by atoms with van der Waals surface area (Å²) in [4.78, 5) is 28.7. The fourth-order valence-corrected chi connectivity index (χ4v) is 4.43. The number of halogens is 2. The Morgan fingerprint density at radius 3 is 2.41 bits per heavy atom. The van der Waals surface area contributed by atoms with Gasteiger partial charge in [-0.25, -0.2) is 8.78 Å². The van der Waals surface area contributed by atoms with Crippen LogP contribution in [0.15, 0.2) is 71.7 Å². The predicted octanol–water partition coefficient (Wildman–Crippen LogP) is 4.43. The Kier molecular flexibility index (Phi) is 6.87. The molecule has 3 aromatic carbocycles. The second-order valence-electron chi connectivity index (χ2n) is 8.68. The molecule has 0 bridgehead atoms. The maximum atomic E-state index is 14.4. The zero-order chi connectivity index (χ0) is 25.9. The van der Waals surface area contributed by atoms with E-state index in [1.54, 1.807) is 24.3 Å². The number of nitrogens with one attached hydrogen (secondary N) is 1. The van der Waals surface area contributed by atoms with Crippen molar-refractivity contribution in [3.05, 3.63) is 99.8 Å². The number of fused-ring (bicyclic) bond motifs is 1. The first-order valence-corrected chi connectivity index (χ1v) is 11.8. The number of morpholine rings is 1. The minimum Gasteiger partial charge on any atom is -0.497 e. The number of hydrogen-bond donors (Lipinski definition) is 1. The molecule has 190 valence electrons. The molecule has 1 amide bonds. The van der Waals surface area contributed by atoms with Gasteiger partial charge in [-0.2, -0.15) is 0 Å². The van der Waals surface area contributed by atoms with E-state index in [9.17, 15) is 18.4 Å². The average Bonchev–Trinajstić information content (AvgIpc) is 2.92. The third kappa shape index (κ3) is 5.03. The molecule has 5 rings (SSSR count). The van der Waals surface area contributed by atoms with Crippen molar-refractivity contribution in [2.45, 2.75) is 6.54 Å². The van der Waals surface area contributed by atoms with E-state index >= 15 is 0 Å². The normalized spacial score (nSPS) is 13.5. The molecule has 4 aromatic rings. The molecule has 7 nitrogen and oxygen atoms in total. The van der Waals surface area contributed by atoms with Crippen LogP contribution in [0.25, 0.3) is 10.9 Å². The summed E-state index contributed by atoms with van der Waals surface area (Å²) >= 11 is 0. The fraction of sp³-hybridized carbons (Fsp3) is 0.214. The number of carbonyl (C=O) groups excluding carboxylic acids is 1. The van der Waals surface area contributed by atoms with Crippen molar-refractivity contribution in [1.82, 2.24) is 4.57 Å². The SMILES string of the molecule is COc1ccc2c(c1)c(=O)c(C(=O)Nc1ccc(N3CCOCC3)cc1)cn2Cc1c(F)cccc1F. The van der Waals surface area contributed by atoms with Gasteiger partial charge in [0, 0.05) is 36.2 Å². The van der Waals surface area contributed by atoms with E-state index in [0.717, 1.165) is 18.8 Å². The first kappa shape index (κ1) is 24.5. The predicted molar refractivity (Wildman–Crippen MR) is 138 cm³/mol. The minimum atomic E-state index is -0.716. The Labute approximate surface area is 211 Å². The van der Waals surface area contributed by atoms with Crippen LogP contribution in [0.3, 0.4) is 0 Å². The first-order valence-electron chi connectivity index (χ1n) is 11.8. The highest BCUT2D eigenvalue weighted by Crippen LogP contribution is 2.23. The Hall–Kier alpha value is -4.24. The standard InChI is InChI=1S/C28H25F2N3O4/c1-36-20-9-10-26-21(15-20)27(34)23(17-33(26)16-22-24(29)3-2-4-25(22)30)28(35)31-18-5-7-19(8-6-18)32-11-13-37-14-12-32/h2-10,15,17H,11-14,16H2,1H3,(H,31,35). The van der Waals surface area contributed by atoms with Gasteiger partial charge >= 0.3 is 0 Å². The van der Waals surface area contributed by atoms with Crippen LogP contribution in [0.4, 0.5) is 20.2 Å². The van der Waals surface area contributed by atoms with E-state index < -0.39 is 23.0 Å². The molecular weight excluding hydrogens is 480 g/mol. The summed E-state index contributed by atoms with van der Waals surface area (Å²) in [5, 5.41) is 2.96. The number of aromatic nitrogens is 1. The molecule has 0 spiro atoms. The van der Waals surface area contributed by atoms with Crippen molar-refractivity contribution >= 4 is 28.2 Å². The molecule has 0 unspecified atom stereocenters. The van der Waals surface area contributed by atoms with Crippen molar-refractivity contribution in [3.8, 4) is 5.75 Å². The van der Waals surface area contributed by atoms with Crippen LogP contribution in [-0.2, 0) is 11.3 Å². The molecule has 1 N–H and O–H groups in total. The zero-order valence-corrected chi connectivity index (χ0v) is 20.2. The number of amides is 1. The molecule has 1 aliphatic heterocycles. The largest absolute Gasteiger partial charge is 0.497 e. The maximum absolute atomic E-state index is 14.4. The van der Waals surface area contributed by atoms with Gasteiger partial charge in [0.2, 0.25) is 5.43 Å². The van der Waals surface area contributed by atoms with Gasteiger partial charge in [-0.05, 0) is 54.6 Å². The lowest BCUT2D eigenvalue weighted by molar-refractivity contribution is 0.102. The van der Waals surface area contributed by atoms with Crippen molar-refractivity contribution in [2.24, 2.45) is 0 Å². The molecule has 1 saturated heterocycles. The van der Waals surface area contributed by atoms with E-state index in [1.165, 1.54) is 42.1 Å². The van der Waals surface area contributed by atoms with Crippen LogP contribution < -0.4 is 20.4 Å². The van der Waals surface area contributed by atoms with Crippen LogP contribution in [-0.4, -0.2) is 43.9 Å². The second kappa shape index (κ2) is 10.4. The number of nitrogens with zero attached hydrogens (tertiary/aromatic N) is 2. The first-order chi connectivity index (χ1) is 17.9. The highest BCUT2D eigenvalue weighted by molar-refractivity contribution is 6.06. The highest BCUT2D eigenvalue weighted by atomic mass is 19.1. The molecule has 2 heterocycles. The lowest BCUT2D eigenvalue weighted by Crippen LogP contribution is -2.36. The molecule has 1 aromatic heterocycles. The van der Waals surface area contributed by atoms with Crippen LogP contribution >= 0.6 is 0 Å². The fourth-order valence-electron chi connectivity index (χ4n) is 4.43. The lowest BCUT2D eigenvalue weighted by atomic mass is 10.1. The van der Waals surface area contributed by atoms with Gasteiger partial charge in [-0.15, -0.1) is 0 Å². The van der Waals surface area contributed by atoms with Crippen molar-refractivity contribution in [1.29, 1.82) is 0 Å². The number of pyridine rings is 1. The van der Waals surface area contributed by atoms with Crippen LogP contribution in [0.2, 0.25) is 0 Å². The van der Waals surface area contributed by atoms with E-state index in [-0.39, 0.29) is 23.1 Å². The Bertz CT molecular complexity index is 1490. The second-order valence-corrected chi connectivity index (χ2v) is 8.68. The van der Waals surface area contributed by atoms with Gasteiger partial charge in [0.1, 0.15) is 22.9 Å². The van der Waals surface area contributed by atoms with E-state index in [1.807, 2.05) is 12.1 Å². The quantitative estimate of drug-likeness (QED) is 0.420. The van der Waals surface area contributed by atoms with Gasteiger partial charge in [-0.3, -0.25) is 9.59 Å². The number of rotatable bonds is 6. The summed E-state index contributed by atoms with van der Waals surface area (Å²) in [6.45, 7) is 2.68. The van der Waals surface area contributed by atoms with Gasteiger partial charge in [0.05, 0.1) is 37.8 Å². The van der Waals surface area contributed by atoms with E-state index in [0.29, 0.717) is 30.2 Å². The number of carbonyl (C=O) groups is 1. The smallest absolute Gasteiger partial charge is 0.261 e. The molecule has 1 aliphatic rings. The summed E-state index contributed by atoms with van der Waals surface area (Å²) in [6, 6.07) is 15.7. The summed E-state index contributed by atoms with van der Waals surface area (Å²) in [6.07, 6.45) is 1.33. The summed E-state index contributed by atoms with van der Waals surface area (Å²) < 4.78 is 41.0. The van der Waals surface area contributed by atoms with Gasteiger partial charge in [-0.1, -0.05) is 6.07 Å². The molecule has 0 radical (unpaired) electrons. The number of benzene rings is 3. The lowest BCUT2D eigenvalue weighted by Gasteiger charge is -2.28. The molecule has 0 saturated carbocycles. The third-order valence-electron chi connectivity index (χ3n) is 6.42. The number of hydrogen-bond acceptors (Lipinski definition) is 5. The number of ether oxygens (including phenoxy) is 2. The van der Waals surface area contributed by atoms with Crippen LogP contribution in [0.1, 0.15) is 15.9 Å². The number of anilines is 2. The summed E-state index contributed by atoms with van der Waals surface area (Å²) in [7, 11) is 1.46. The van der Waals surface area contributed by atoms with E-state index in [4.69, 9.17) is 9.47 Å². The molecular formula is C28H25F2N3O4. The zero-order valence-electron chi connectivity index (χ0n) is 20.2. The molecule has 9 heteroatoms. The molecule has 0 aliphatic carbocycles. The number of methoxy groups -OCH3 is 1. The topological polar surface area (TPSA) is 72.8 Å². The third-order valence-corrected chi connectivity index (χ3v) is 6.42. The van der Waals surface area contributed by atoms with Crippen LogP contribution in [0, 0.1) is 11.6 Å². The van der Waals surface area contributed by atoms with Crippen molar-refractivity contribution in [2.75, 3.05) is 43.6 Å². The monoisotopic (exact) mass is 505 g/mol.